The van der Waals surface area contributed by atoms with Gasteiger partial charge in [0.05, 0.1) is 16.5 Å². The van der Waals surface area contributed by atoms with E-state index in [1.165, 1.54) is 18.6 Å². The molecule has 7 heteroatoms. The van der Waals surface area contributed by atoms with Crippen LogP contribution in [0.2, 0.25) is 0 Å². The minimum absolute atomic E-state index is 0. The first-order valence-electron chi connectivity index (χ1n) is 7.71. The van der Waals surface area contributed by atoms with Crippen molar-refractivity contribution < 1.29 is 8.42 Å². The van der Waals surface area contributed by atoms with Crippen LogP contribution in [-0.2, 0) is 10.0 Å². The molecule has 2 rings (SSSR count). The van der Waals surface area contributed by atoms with Crippen LogP contribution in [0.1, 0.15) is 43.2 Å². The lowest BCUT2D eigenvalue weighted by molar-refractivity contribution is 0.294. The van der Waals surface area contributed by atoms with E-state index < -0.39 is 10.0 Å². The van der Waals surface area contributed by atoms with Crippen LogP contribution in [0.15, 0.2) is 23.1 Å². The van der Waals surface area contributed by atoms with Crippen molar-refractivity contribution >= 4 is 22.4 Å². The molecule has 0 aliphatic heterocycles. The first kappa shape index (κ1) is 19.9. The van der Waals surface area contributed by atoms with Crippen LogP contribution in [0.3, 0.4) is 0 Å². The zero-order valence-corrected chi connectivity index (χ0v) is 14.9. The molecule has 3 N–H and O–H groups in total. The number of aryl methyl sites for hydroxylation is 1. The maximum absolute atomic E-state index is 12.5. The Morgan fingerprint density at radius 1 is 1.35 bits per heavy atom. The van der Waals surface area contributed by atoms with Crippen LogP contribution in [0, 0.1) is 24.2 Å². The van der Waals surface area contributed by atoms with Gasteiger partial charge in [0.1, 0.15) is 0 Å². The van der Waals surface area contributed by atoms with Gasteiger partial charge in [-0.2, -0.15) is 5.26 Å². The first-order chi connectivity index (χ1) is 10.5. The van der Waals surface area contributed by atoms with Crippen molar-refractivity contribution in [1.29, 1.82) is 5.26 Å². The number of benzene rings is 1. The van der Waals surface area contributed by atoms with Crippen molar-refractivity contribution in [3.8, 4) is 6.07 Å². The second-order valence-electron chi connectivity index (χ2n) is 5.95. The molecule has 0 radical (unpaired) electrons. The smallest absolute Gasteiger partial charge is 0.240 e. The van der Waals surface area contributed by atoms with Gasteiger partial charge < -0.3 is 5.73 Å². The number of nitriles is 1. The SMILES string of the molecule is Cc1cc(S(=O)(=O)NC(CN)C2CCCCC2)ccc1C#N.Cl. The van der Waals surface area contributed by atoms with E-state index in [0.29, 0.717) is 23.6 Å². The quantitative estimate of drug-likeness (QED) is 0.846. The molecule has 1 aromatic carbocycles. The van der Waals surface area contributed by atoms with Gasteiger partial charge in [0.2, 0.25) is 10.0 Å². The molecule has 5 nitrogen and oxygen atoms in total. The molecule has 0 spiro atoms. The summed E-state index contributed by atoms with van der Waals surface area (Å²) in [4.78, 5) is 0.193. The predicted octanol–water partition coefficient (Wildman–Crippen LogP) is 2.47. The molecular weight excluding hydrogens is 334 g/mol. The fourth-order valence-electron chi connectivity index (χ4n) is 3.07. The number of sulfonamides is 1. The monoisotopic (exact) mass is 357 g/mol. The Labute approximate surface area is 144 Å². The number of halogens is 1. The average molecular weight is 358 g/mol. The molecule has 1 aliphatic carbocycles. The highest BCUT2D eigenvalue weighted by atomic mass is 35.5. The van der Waals surface area contributed by atoms with Crippen LogP contribution >= 0.6 is 12.4 Å². The summed E-state index contributed by atoms with van der Waals surface area (Å²) in [6.07, 6.45) is 5.54. The van der Waals surface area contributed by atoms with Gasteiger partial charge in [0, 0.05) is 12.6 Å². The standard InChI is InChI=1S/C16H23N3O2S.ClH/c1-12-9-15(8-7-14(12)10-17)22(20,21)19-16(11-18)13-5-3-2-4-6-13;/h7-9,13,16,19H,2-6,11,18H2,1H3;1H. The maximum Gasteiger partial charge on any atom is 0.240 e. The van der Waals surface area contributed by atoms with Gasteiger partial charge in [0.15, 0.2) is 0 Å². The summed E-state index contributed by atoms with van der Waals surface area (Å²) in [6.45, 7) is 2.04. The Kier molecular flexibility index (Phi) is 7.49. The van der Waals surface area contributed by atoms with E-state index in [2.05, 4.69) is 4.72 Å². The summed E-state index contributed by atoms with van der Waals surface area (Å²) in [5.41, 5.74) is 6.94. The molecule has 23 heavy (non-hydrogen) atoms. The van der Waals surface area contributed by atoms with Crippen LogP contribution in [-0.4, -0.2) is 21.0 Å². The zero-order chi connectivity index (χ0) is 16.2. The lowest BCUT2D eigenvalue weighted by Crippen LogP contribution is -2.45. The third-order valence-electron chi connectivity index (χ3n) is 4.41. The fraction of sp³-hybridized carbons (Fsp3) is 0.562. The van der Waals surface area contributed by atoms with Crippen molar-refractivity contribution in [3.63, 3.8) is 0 Å². The van der Waals surface area contributed by atoms with E-state index in [0.717, 1.165) is 25.7 Å². The van der Waals surface area contributed by atoms with Crippen molar-refractivity contribution in [2.24, 2.45) is 11.7 Å². The van der Waals surface area contributed by atoms with Gasteiger partial charge in [-0.3, -0.25) is 0 Å². The Hall–Kier alpha value is -1.13. The summed E-state index contributed by atoms with van der Waals surface area (Å²) < 4.78 is 27.9. The third-order valence-corrected chi connectivity index (χ3v) is 5.90. The number of hydrogen-bond donors (Lipinski definition) is 2. The second kappa shape index (κ2) is 8.65. The van der Waals surface area contributed by atoms with E-state index in [9.17, 15) is 8.42 Å². The molecule has 1 saturated carbocycles. The summed E-state index contributed by atoms with van der Waals surface area (Å²) in [5.74, 6) is 0.313. The Morgan fingerprint density at radius 3 is 2.52 bits per heavy atom. The molecule has 128 valence electrons. The van der Waals surface area contributed by atoms with E-state index >= 15 is 0 Å². The second-order valence-corrected chi connectivity index (χ2v) is 7.66. The lowest BCUT2D eigenvalue weighted by atomic mass is 9.84. The lowest BCUT2D eigenvalue weighted by Gasteiger charge is -2.29. The first-order valence-corrected chi connectivity index (χ1v) is 9.19. The van der Waals surface area contributed by atoms with Gasteiger partial charge in [-0.15, -0.1) is 12.4 Å². The molecule has 0 aromatic heterocycles. The Bertz CT molecular complexity index is 664. The molecule has 0 amide bonds. The zero-order valence-electron chi connectivity index (χ0n) is 13.3. The molecular formula is C16H24ClN3O2S. The van der Waals surface area contributed by atoms with Gasteiger partial charge in [-0.1, -0.05) is 19.3 Å². The Balaban J connectivity index is 0.00000264. The minimum Gasteiger partial charge on any atom is -0.329 e. The number of nitrogens with two attached hydrogens (primary N) is 1. The minimum atomic E-state index is -3.61. The van der Waals surface area contributed by atoms with E-state index in [4.69, 9.17) is 11.0 Å². The molecule has 1 unspecified atom stereocenters. The number of rotatable bonds is 5. The van der Waals surface area contributed by atoms with Crippen LogP contribution in [0.4, 0.5) is 0 Å². The highest BCUT2D eigenvalue weighted by Crippen LogP contribution is 2.27. The van der Waals surface area contributed by atoms with Crippen molar-refractivity contribution in [2.75, 3.05) is 6.54 Å². The topological polar surface area (TPSA) is 96.0 Å². The average Bonchev–Trinajstić information content (AvgIpc) is 2.53. The number of hydrogen-bond acceptors (Lipinski definition) is 4. The van der Waals surface area contributed by atoms with Crippen molar-refractivity contribution in [2.45, 2.75) is 50.0 Å². The normalized spacial score (nSPS) is 17.1. The van der Waals surface area contributed by atoms with Crippen LogP contribution in [0.25, 0.3) is 0 Å². The van der Waals surface area contributed by atoms with E-state index in [1.807, 2.05) is 6.07 Å². The van der Waals surface area contributed by atoms with Crippen LogP contribution in [0.5, 0.6) is 0 Å². The highest BCUT2D eigenvalue weighted by Gasteiger charge is 2.27. The maximum atomic E-state index is 12.5. The van der Waals surface area contributed by atoms with Gasteiger partial charge in [-0.05, 0) is 49.4 Å². The van der Waals surface area contributed by atoms with E-state index in [-0.39, 0.29) is 23.3 Å². The van der Waals surface area contributed by atoms with Gasteiger partial charge in [-0.25, -0.2) is 13.1 Å². The predicted molar refractivity (Wildman–Crippen MR) is 92.9 cm³/mol. The Morgan fingerprint density at radius 2 is 2.00 bits per heavy atom. The van der Waals surface area contributed by atoms with Gasteiger partial charge in [0.25, 0.3) is 0 Å². The number of nitrogens with zero attached hydrogens (tertiary/aromatic N) is 1. The van der Waals surface area contributed by atoms with Gasteiger partial charge >= 0.3 is 0 Å². The molecule has 0 heterocycles. The molecule has 1 fully saturated rings. The fourth-order valence-corrected chi connectivity index (χ4v) is 4.47. The summed E-state index contributed by atoms with van der Waals surface area (Å²) in [6, 6.07) is 6.38. The van der Waals surface area contributed by atoms with E-state index in [1.54, 1.807) is 13.0 Å². The summed E-state index contributed by atoms with van der Waals surface area (Å²) >= 11 is 0. The largest absolute Gasteiger partial charge is 0.329 e. The molecule has 1 aromatic rings. The van der Waals surface area contributed by atoms with Crippen molar-refractivity contribution in [1.82, 2.24) is 4.72 Å². The third kappa shape index (κ3) is 4.92. The molecule has 1 aliphatic rings. The number of nitrogens with one attached hydrogen (secondary N) is 1. The molecule has 0 saturated heterocycles. The summed E-state index contributed by atoms with van der Waals surface area (Å²) in [5, 5.41) is 8.93. The molecule has 0 bridgehead atoms. The van der Waals surface area contributed by atoms with Crippen LogP contribution < -0.4 is 10.5 Å². The molecule has 1 atom stereocenters. The summed E-state index contributed by atoms with van der Waals surface area (Å²) in [7, 11) is -3.61. The van der Waals surface area contributed by atoms with Crippen molar-refractivity contribution in [3.05, 3.63) is 29.3 Å². The highest BCUT2D eigenvalue weighted by molar-refractivity contribution is 7.89.